The Balaban J connectivity index is 2.67. The van der Waals surface area contributed by atoms with Crippen molar-refractivity contribution in [2.45, 2.75) is 50.8 Å². The third-order valence-electron chi connectivity index (χ3n) is 3.12. The van der Waals surface area contributed by atoms with Crippen molar-refractivity contribution in [3.63, 3.8) is 0 Å². The maximum Gasteiger partial charge on any atom is 0.122 e. The van der Waals surface area contributed by atoms with E-state index in [0.717, 1.165) is 24.5 Å². The van der Waals surface area contributed by atoms with Gasteiger partial charge >= 0.3 is 0 Å². The molecule has 1 aromatic carbocycles. The number of aliphatic hydroxyl groups excluding tert-OH is 1. The molecular weight excluding hydrogens is 270 g/mol. The van der Waals surface area contributed by atoms with E-state index in [9.17, 15) is 0 Å². The zero-order valence-electron chi connectivity index (χ0n) is 13.0. The van der Waals surface area contributed by atoms with Crippen LogP contribution in [0.1, 0.15) is 38.3 Å². The maximum absolute atomic E-state index is 8.95. The third kappa shape index (κ3) is 6.16. The number of methoxy groups -OCH3 is 1. The number of ether oxygens (including phenoxy) is 1. The van der Waals surface area contributed by atoms with Crippen molar-refractivity contribution in [1.82, 2.24) is 5.32 Å². The molecule has 0 spiro atoms. The molecule has 3 nitrogen and oxygen atoms in total. The van der Waals surface area contributed by atoms with Gasteiger partial charge in [-0.05, 0) is 24.1 Å². The summed E-state index contributed by atoms with van der Waals surface area (Å²) in [6, 6.07) is 6.86. The number of hydrogen-bond donors (Lipinski definition) is 2. The lowest BCUT2D eigenvalue weighted by Crippen LogP contribution is -2.21. The molecule has 0 aliphatic rings. The van der Waals surface area contributed by atoms with E-state index in [1.807, 2.05) is 17.8 Å². The van der Waals surface area contributed by atoms with Gasteiger partial charge in [-0.1, -0.05) is 26.8 Å². The van der Waals surface area contributed by atoms with Crippen molar-refractivity contribution in [3.05, 3.63) is 29.3 Å². The summed E-state index contributed by atoms with van der Waals surface area (Å²) in [5.74, 6) is 1.86. The standard InChI is InChI=1S/C16H27NO2S/c1-12(2)17-10-14-5-6-16(19-4)15(9-14)11-20-13(3)7-8-18/h5-6,9,12-13,17-18H,7-8,10-11H2,1-4H3. The van der Waals surface area contributed by atoms with Gasteiger partial charge in [0.1, 0.15) is 5.75 Å². The van der Waals surface area contributed by atoms with Gasteiger partial charge in [-0.25, -0.2) is 0 Å². The van der Waals surface area contributed by atoms with Crippen molar-refractivity contribution in [2.75, 3.05) is 13.7 Å². The molecule has 0 fully saturated rings. The fourth-order valence-electron chi connectivity index (χ4n) is 1.87. The first-order valence-electron chi connectivity index (χ1n) is 7.18. The molecule has 0 radical (unpaired) electrons. The van der Waals surface area contributed by atoms with E-state index in [1.54, 1.807) is 7.11 Å². The Labute approximate surface area is 127 Å². The van der Waals surface area contributed by atoms with Crippen LogP contribution in [0, 0.1) is 0 Å². The highest BCUT2D eigenvalue weighted by atomic mass is 32.2. The lowest BCUT2D eigenvalue weighted by Gasteiger charge is -2.14. The predicted molar refractivity (Wildman–Crippen MR) is 87.4 cm³/mol. The molecule has 114 valence electrons. The van der Waals surface area contributed by atoms with E-state index in [2.05, 4.69) is 38.2 Å². The van der Waals surface area contributed by atoms with Crippen LogP contribution < -0.4 is 10.1 Å². The second-order valence-corrected chi connectivity index (χ2v) is 6.74. The van der Waals surface area contributed by atoms with Gasteiger partial charge in [0.15, 0.2) is 0 Å². The van der Waals surface area contributed by atoms with Crippen LogP contribution in [-0.2, 0) is 12.3 Å². The molecule has 1 atom stereocenters. The molecular formula is C16H27NO2S. The van der Waals surface area contributed by atoms with Crippen LogP contribution in [0.15, 0.2) is 18.2 Å². The highest BCUT2D eigenvalue weighted by Crippen LogP contribution is 2.27. The highest BCUT2D eigenvalue weighted by molar-refractivity contribution is 7.99. The minimum atomic E-state index is 0.254. The van der Waals surface area contributed by atoms with Crippen LogP contribution in [0.5, 0.6) is 5.75 Å². The smallest absolute Gasteiger partial charge is 0.122 e. The predicted octanol–water partition coefficient (Wildman–Crippen LogP) is 3.20. The van der Waals surface area contributed by atoms with Gasteiger partial charge in [-0.15, -0.1) is 0 Å². The summed E-state index contributed by atoms with van der Waals surface area (Å²) in [6.07, 6.45) is 0.835. The normalized spacial score (nSPS) is 12.7. The average Bonchev–Trinajstić information content (AvgIpc) is 2.43. The Morgan fingerprint density at radius 1 is 1.30 bits per heavy atom. The quantitative estimate of drug-likeness (QED) is 0.734. The molecule has 1 rings (SSSR count). The first-order chi connectivity index (χ1) is 9.56. The molecule has 0 aliphatic carbocycles. The zero-order valence-corrected chi connectivity index (χ0v) is 13.8. The summed E-state index contributed by atoms with van der Waals surface area (Å²) < 4.78 is 5.44. The second-order valence-electron chi connectivity index (χ2n) is 5.32. The van der Waals surface area contributed by atoms with E-state index in [4.69, 9.17) is 9.84 Å². The topological polar surface area (TPSA) is 41.5 Å². The minimum absolute atomic E-state index is 0.254. The van der Waals surface area contributed by atoms with Crippen LogP contribution in [0.4, 0.5) is 0 Å². The van der Waals surface area contributed by atoms with Crippen LogP contribution in [-0.4, -0.2) is 30.1 Å². The number of rotatable bonds is 9. The van der Waals surface area contributed by atoms with Crippen molar-refractivity contribution in [3.8, 4) is 5.75 Å². The summed E-state index contributed by atoms with van der Waals surface area (Å²) in [5, 5.41) is 12.8. The van der Waals surface area contributed by atoms with E-state index >= 15 is 0 Å². The summed E-state index contributed by atoms with van der Waals surface area (Å²) in [6.45, 7) is 7.58. The third-order valence-corrected chi connectivity index (χ3v) is 4.40. The van der Waals surface area contributed by atoms with E-state index < -0.39 is 0 Å². The Bertz CT molecular complexity index is 396. The lowest BCUT2D eigenvalue weighted by atomic mass is 10.1. The Morgan fingerprint density at radius 3 is 2.65 bits per heavy atom. The van der Waals surface area contributed by atoms with Crippen molar-refractivity contribution in [1.29, 1.82) is 0 Å². The van der Waals surface area contributed by atoms with Crippen LogP contribution in [0.3, 0.4) is 0 Å². The summed E-state index contributed by atoms with van der Waals surface area (Å²) in [7, 11) is 1.71. The molecule has 2 N–H and O–H groups in total. The Morgan fingerprint density at radius 2 is 2.05 bits per heavy atom. The second kappa shape index (κ2) is 9.27. The van der Waals surface area contributed by atoms with Crippen molar-refractivity contribution >= 4 is 11.8 Å². The van der Waals surface area contributed by atoms with E-state index in [1.165, 1.54) is 11.1 Å². The van der Waals surface area contributed by atoms with E-state index in [-0.39, 0.29) is 6.61 Å². The van der Waals surface area contributed by atoms with Crippen LogP contribution >= 0.6 is 11.8 Å². The molecule has 0 saturated heterocycles. The number of hydrogen-bond acceptors (Lipinski definition) is 4. The number of thioether (sulfide) groups is 1. The van der Waals surface area contributed by atoms with Gasteiger partial charge in [0.2, 0.25) is 0 Å². The van der Waals surface area contributed by atoms with Gasteiger partial charge in [0.05, 0.1) is 7.11 Å². The molecule has 0 bridgehead atoms. The monoisotopic (exact) mass is 297 g/mol. The Kier molecular flexibility index (Phi) is 8.04. The molecule has 1 aromatic rings. The number of aliphatic hydroxyl groups is 1. The maximum atomic E-state index is 8.95. The Hall–Kier alpha value is -0.710. The first kappa shape index (κ1) is 17.3. The summed E-state index contributed by atoms with van der Waals surface area (Å²) in [5.41, 5.74) is 2.51. The van der Waals surface area contributed by atoms with Gasteiger partial charge in [0, 0.05) is 35.8 Å². The van der Waals surface area contributed by atoms with Crippen LogP contribution in [0.25, 0.3) is 0 Å². The summed E-state index contributed by atoms with van der Waals surface area (Å²) in [4.78, 5) is 0. The van der Waals surface area contributed by atoms with E-state index in [0.29, 0.717) is 11.3 Å². The fraction of sp³-hybridized carbons (Fsp3) is 0.625. The lowest BCUT2D eigenvalue weighted by molar-refractivity contribution is 0.289. The minimum Gasteiger partial charge on any atom is -0.496 e. The molecule has 0 saturated carbocycles. The largest absolute Gasteiger partial charge is 0.496 e. The fourth-order valence-corrected chi connectivity index (χ4v) is 2.84. The van der Waals surface area contributed by atoms with Crippen LogP contribution in [0.2, 0.25) is 0 Å². The summed E-state index contributed by atoms with van der Waals surface area (Å²) >= 11 is 1.86. The molecule has 0 aromatic heterocycles. The van der Waals surface area contributed by atoms with Crippen molar-refractivity contribution < 1.29 is 9.84 Å². The molecule has 20 heavy (non-hydrogen) atoms. The number of benzene rings is 1. The first-order valence-corrected chi connectivity index (χ1v) is 8.23. The molecule has 1 unspecified atom stereocenters. The van der Waals surface area contributed by atoms with Crippen molar-refractivity contribution in [2.24, 2.45) is 0 Å². The van der Waals surface area contributed by atoms with Gasteiger partial charge in [0.25, 0.3) is 0 Å². The van der Waals surface area contributed by atoms with Gasteiger partial charge < -0.3 is 15.2 Å². The zero-order chi connectivity index (χ0) is 15.0. The average molecular weight is 297 g/mol. The van der Waals surface area contributed by atoms with Gasteiger partial charge in [-0.3, -0.25) is 0 Å². The number of nitrogens with one attached hydrogen (secondary N) is 1. The molecule has 0 amide bonds. The molecule has 4 heteroatoms. The van der Waals surface area contributed by atoms with Gasteiger partial charge in [-0.2, -0.15) is 11.8 Å². The molecule has 0 heterocycles. The SMILES string of the molecule is COc1ccc(CNC(C)C)cc1CSC(C)CCO. The molecule has 0 aliphatic heterocycles. The highest BCUT2D eigenvalue weighted by Gasteiger charge is 2.08.